The molecular formula is C12H10ClNO3S. The van der Waals surface area contributed by atoms with E-state index in [2.05, 4.69) is 4.98 Å². The molecule has 0 saturated heterocycles. The van der Waals surface area contributed by atoms with Crippen LogP contribution in [-0.4, -0.2) is 22.2 Å². The second kappa shape index (κ2) is 5.37. The Morgan fingerprint density at radius 3 is 2.72 bits per heavy atom. The molecule has 94 valence electrons. The van der Waals surface area contributed by atoms with Gasteiger partial charge >= 0.3 is 5.97 Å². The maximum atomic E-state index is 10.7. The standard InChI is InChI=1S/C12H10ClNO3S/c1-7(11(15)16)17-12-14-10(6-18-12)8-2-4-9(13)5-3-8/h2-7H,1H3,(H,15,16). The molecule has 0 bridgehead atoms. The van der Waals surface area contributed by atoms with Crippen LogP contribution in [0.5, 0.6) is 5.19 Å². The molecule has 0 radical (unpaired) electrons. The molecule has 0 aliphatic carbocycles. The number of benzene rings is 1. The monoisotopic (exact) mass is 283 g/mol. The highest BCUT2D eigenvalue weighted by atomic mass is 35.5. The van der Waals surface area contributed by atoms with E-state index >= 15 is 0 Å². The number of nitrogens with zero attached hydrogens (tertiary/aromatic N) is 1. The number of hydrogen-bond donors (Lipinski definition) is 1. The lowest BCUT2D eigenvalue weighted by atomic mass is 10.2. The van der Waals surface area contributed by atoms with Crippen molar-refractivity contribution in [2.45, 2.75) is 13.0 Å². The van der Waals surface area contributed by atoms with Gasteiger partial charge in [0.05, 0.1) is 5.69 Å². The van der Waals surface area contributed by atoms with Gasteiger partial charge in [-0.3, -0.25) is 0 Å². The van der Waals surface area contributed by atoms with Gasteiger partial charge in [-0.15, -0.1) is 0 Å². The number of hydrogen-bond acceptors (Lipinski definition) is 4. The largest absolute Gasteiger partial charge is 0.479 e. The van der Waals surface area contributed by atoms with Crippen molar-refractivity contribution >= 4 is 28.9 Å². The first-order valence-corrected chi connectivity index (χ1v) is 6.43. The zero-order valence-corrected chi connectivity index (χ0v) is 11.0. The Labute approximate surface area is 113 Å². The van der Waals surface area contributed by atoms with Gasteiger partial charge in [-0.2, -0.15) is 0 Å². The third kappa shape index (κ3) is 3.00. The number of aliphatic carboxylic acids is 1. The van der Waals surface area contributed by atoms with Crippen LogP contribution in [0.15, 0.2) is 29.6 Å². The van der Waals surface area contributed by atoms with Gasteiger partial charge in [-0.1, -0.05) is 35.1 Å². The number of rotatable bonds is 4. The molecule has 1 aromatic heterocycles. The lowest BCUT2D eigenvalue weighted by molar-refractivity contribution is -0.144. The maximum absolute atomic E-state index is 10.7. The molecule has 0 saturated carbocycles. The van der Waals surface area contributed by atoms with E-state index in [9.17, 15) is 4.79 Å². The molecule has 1 atom stereocenters. The third-order valence-corrected chi connectivity index (χ3v) is 3.23. The van der Waals surface area contributed by atoms with E-state index in [1.165, 1.54) is 18.3 Å². The SMILES string of the molecule is CC(Oc1nc(-c2ccc(Cl)cc2)cs1)C(=O)O. The highest BCUT2D eigenvalue weighted by molar-refractivity contribution is 7.11. The van der Waals surface area contributed by atoms with Crippen molar-refractivity contribution in [3.8, 4) is 16.5 Å². The van der Waals surface area contributed by atoms with E-state index in [0.717, 1.165) is 11.3 Å². The Morgan fingerprint density at radius 1 is 1.44 bits per heavy atom. The Hall–Kier alpha value is -1.59. The molecule has 6 heteroatoms. The summed E-state index contributed by atoms with van der Waals surface area (Å²) >= 11 is 7.06. The van der Waals surface area contributed by atoms with Crippen LogP contribution in [0, 0.1) is 0 Å². The first kappa shape index (κ1) is 12.9. The average molecular weight is 284 g/mol. The molecule has 0 amide bonds. The number of halogens is 1. The summed E-state index contributed by atoms with van der Waals surface area (Å²) in [6, 6.07) is 7.25. The number of carbonyl (C=O) groups is 1. The van der Waals surface area contributed by atoms with Crippen LogP contribution in [0.3, 0.4) is 0 Å². The average Bonchev–Trinajstić information content (AvgIpc) is 2.78. The number of carboxylic acid groups (broad SMARTS) is 1. The predicted molar refractivity (Wildman–Crippen MR) is 70.3 cm³/mol. The topological polar surface area (TPSA) is 59.4 Å². The molecule has 0 aliphatic rings. The minimum Gasteiger partial charge on any atom is -0.479 e. The van der Waals surface area contributed by atoms with E-state index in [0.29, 0.717) is 10.2 Å². The van der Waals surface area contributed by atoms with Gasteiger partial charge in [0.1, 0.15) is 0 Å². The summed E-state index contributed by atoms with van der Waals surface area (Å²) in [7, 11) is 0. The number of thiazole rings is 1. The number of carboxylic acids is 1. The lowest BCUT2D eigenvalue weighted by Crippen LogP contribution is -2.22. The summed E-state index contributed by atoms with van der Waals surface area (Å²) in [5.41, 5.74) is 1.65. The van der Waals surface area contributed by atoms with Gasteiger partial charge in [0.15, 0.2) is 6.10 Å². The zero-order chi connectivity index (χ0) is 13.1. The van der Waals surface area contributed by atoms with Crippen molar-refractivity contribution in [3.05, 3.63) is 34.7 Å². The van der Waals surface area contributed by atoms with Crippen molar-refractivity contribution in [3.63, 3.8) is 0 Å². The fourth-order valence-electron chi connectivity index (χ4n) is 1.27. The first-order valence-electron chi connectivity index (χ1n) is 5.17. The third-order valence-electron chi connectivity index (χ3n) is 2.25. The zero-order valence-electron chi connectivity index (χ0n) is 9.46. The molecule has 0 fully saturated rings. The van der Waals surface area contributed by atoms with Crippen LogP contribution in [0.25, 0.3) is 11.3 Å². The van der Waals surface area contributed by atoms with Crippen LogP contribution in [0.4, 0.5) is 0 Å². The van der Waals surface area contributed by atoms with Crippen LogP contribution in [0.2, 0.25) is 5.02 Å². The molecule has 2 rings (SSSR count). The van der Waals surface area contributed by atoms with E-state index in [1.807, 2.05) is 17.5 Å². The van der Waals surface area contributed by atoms with Gasteiger partial charge in [-0.05, 0) is 19.1 Å². The summed E-state index contributed by atoms with van der Waals surface area (Å²) in [6.07, 6.45) is -0.908. The van der Waals surface area contributed by atoms with Gasteiger partial charge in [0, 0.05) is 16.0 Å². The minimum absolute atomic E-state index is 0.342. The fourth-order valence-corrected chi connectivity index (χ4v) is 2.14. The van der Waals surface area contributed by atoms with Crippen molar-refractivity contribution in [2.24, 2.45) is 0 Å². The van der Waals surface area contributed by atoms with Crippen molar-refractivity contribution in [1.82, 2.24) is 4.98 Å². The summed E-state index contributed by atoms with van der Waals surface area (Å²) in [5, 5.41) is 11.5. The van der Waals surface area contributed by atoms with Crippen LogP contribution in [0.1, 0.15) is 6.92 Å². The Balaban J connectivity index is 2.15. The van der Waals surface area contributed by atoms with E-state index < -0.39 is 12.1 Å². The second-order valence-corrected chi connectivity index (χ2v) is 4.86. The van der Waals surface area contributed by atoms with E-state index in [4.69, 9.17) is 21.4 Å². The van der Waals surface area contributed by atoms with E-state index in [1.54, 1.807) is 12.1 Å². The van der Waals surface area contributed by atoms with Crippen LogP contribution in [-0.2, 0) is 4.79 Å². The summed E-state index contributed by atoms with van der Waals surface area (Å²) in [4.78, 5) is 14.9. The molecule has 1 heterocycles. The maximum Gasteiger partial charge on any atom is 0.344 e. The molecule has 18 heavy (non-hydrogen) atoms. The predicted octanol–water partition coefficient (Wildman–Crippen LogP) is 3.32. The summed E-state index contributed by atoms with van der Waals surface area (Å²) in [6.45, 7) is 1.46. The van der Waals surface area contributed by atoms with Gasteiger partial charge in [-0.25, -0.2) is 9.78 Å². The first-order chi connectivity index (χ1) is 8.56. The molecule has 1 aromatic carbocycles. The van der Waals surface area contributed by atoms with Gasteiger partial charge < -0.3 is 9.84 Å². The van der Waals surface area contributed by atoms with Crippen molar-refractivity contribution in [1.29, 1.82) is 0 Å². The van der Waals surface area contributed by atoms with Crippen LogP contribution >= 0.6 is 22.9 Å². The number of aromatic nitrogens is 1. The Kier molecular flexibility index (Phi) is 3.84. The smallest absolute Gasteiger partial charge is 0.344 e. The lowest BCUT2D eigenvalue weighted by Gasteiger charge is -2.05. The highest BCUT2D eigenvalue weighted by Crippen LogP contribution is 2.27. The minimum atomic E-state index is -1.02. The Morgan fingerprint density at radius 2 is 2.11 bits per heavy atom. The van der Waals surface area contributed by atoms with Crippen molar-refractivity contribution in [2.75, 3.05) is 0 Å². The molecule has 0 spiro atoms. The van der Waals surface area contributed by atoms with Crippen molar-refractivity contribution < 1.29 is 14.6 Å². The summed E-state index contributed by atoms with van der Waals surface area (Å²) < 4.78 is 5.18. The molecule has 0 aliphatic heterocycles. The number of ether oxygens (including phenoxy) is 1. The molecule has 1 unspecified atom stereocenters. The molecule has 1 N–H and O–H groups in total. The van der Waals surface area contributed by atoms with Crippen LogP contribution < -0.4 is 4.74 Å². The quantitative estimate of drug-likeness (QED) is 0.935. The van der Waals surface area contributed by atoms with E-state index in [-0.39, 0.29) is 0 Å². The fraction of sp³-hybridized carbons (Fsp3) is 0.167. The molecular weight excluding hydrogens is 274 g/mol. The second-order valence-electron chi connectivity index (χ2n) is 3.60. The molecule has 2 aromatic rings. The molecule has 4 nitrogen and oxygen atoms in total. The normalized spacial score (nSPS) is 12.1. The van der Waals surface area contributed by atoms with Gasteiger partial charge in [0.2, 0.25) is 0 Å². The van der Waals surface area contributed by atoms with Gasteiger partial charge in [0.25, 0.3) is 5.19 Å². The highest BCUT2D eigenvalue weighted by Gasteiger charge is 2.15. The summed E-state index contributed by atoms with van der Waals surface area (Å²) in [5.74, 6) is -1.02. The Bertz CT molecular complexity index is 553.